The van der Waals surface area contributed by atoms with Crippen molar-refractivity contribution < 1.29 is 4.79 Å². The van der Waals surface area contributed by atoms with Gasteiger partial charge in [-0.15, -0.1) is 12.4 Å². The molecule has 2 rings (SSSR count). The molecule has 0 saturated carbocycles. The molecule has 1 fully saturated rings. The minimum Gasteiger partial charge on any atom is -0.371 e. The lowest BCUT2D eigenvalue weighted by Crippen LogP contribution is -2.30. The molecule has 1 aliphatic rings. The fraction of sp³-hybridized carbons (Fsp3) is 0.417. The van der Waals surface area contributed by atoms with E-state index in [-0.39, 0.29) is 12.4 Å². The van der Waals surface area contributed by atoms with E-state index in [1.165, 1.54) is 19.3 Å². The Morgan fingerprint density at radius 3 is 2.40 bits per heavy atom. The lowest BCUT2D eigenvalue weighted by molar-refractivity contribution is 0.112. The van der Waals surface area contributed by atoms with Crippen molar-refractivity contribution in [1.82, 2.24) is 0 Å². The molecule has 0 spiro atoms. The Kier molecular flexibility index (Phi) is 4.63. The highest BCUT2D eigenvalue weighted by molar-refractivity contribution is 5.85. The predicted octanol–water partition coefficient (Wildman–Crippen LogP) is 2.91. The van der Waals surface area contributed by atoms with Crippen LogP contribution in [0.4, 0.5) is 5.69 Å². The van der Waals surface area contributed by atoms with Gasteiger partial charge >= 0.3 is 0 Å². The average molecular weight is 226 g/mol. The SMILES string of the molecule is Cl.O=Cc1ccccc1N1CCCCC1. The van der Waals surface area contributed by atoms with Gasteiger partial charge in [-0.1, -0.05) is 12.1 Å². The van der Waals surface area contributed by atoms with Gasteiger partial charge in [0.2, 0.25) is 0 Å². The monoisotopic (exact) mass is 225 g/mol. The maximum absolute atomic E-state index is 10.8. The van der Waals surface area contributed by atoms with Crippen molar-refractivity contribution in [2.75, 3.05) is 18.0 Å². The van der Waals surface area contributed by atoms with Crippen LogP contribution >= 0.6 is 12.4 Å². The number of para-hydroxylation sites is 1. The maximum atomic E-state index is 10.8. The highest BCUT2D eigenvalue weighted by atomic mass is 35.5. The summed E-state index contributed by atoms with van der Waals surface area (Å²) in [6.07, 6.45) is 4.75. The molecule has 0 amide bonds. The summed E-state index contributed by atoms with van der Waals surface area (Å²) >= 11 is 0. The van der Waals surface area contributed by atoms with Crippen molar-refractivity contribution in [2.45, 2.75) is 19.3 Å². The molecule has 0 radical (unpaired) electrons. The van der Waals surface area contributed by atoms with E-state index in [0.29, 0.717) is 0 Å². The summed E-state index contributed by atoms with van der Waals surface area (Å²) in [6.45, 7) is 2.18. The molecular formula is C12H16ClNO. The van der Waals surface area contributed by atoms with Crippen molar-refractivity contribution >= 4 is 24.4 Å². The predicted molar refractivity (Wildman–Crippen MR) is 65.1 cm³/mol. The van der Waals surface area contributed by atoms with Crippen LogP contribution in [0.2, 0.25) is 0 Å². The van der Waals surface area contributed by atoms with Crippen molar-refractivity contribution in [2.24, 2.45) is 0 Å². The van der Waals surface area contributed by atoms with Crippen LogP contribution < -0.4 is 4.90 Å². The summed E-state index contributed by atoms with van der Waals surface area (Å²) < 4.78 is 0. The van der Waals surface area contributed by atoms with E-state index < -0.39 is 0 Å². The van der Waals surface area contributed by atoms with Crippen LogP contribution in [-0.2, 0) is 0 Å². The summed E-state index contributed by atoms with van der Waals surface area (Å²) in [7, 11) is 0. The highest BCUT2D eigenvalue weighted by Gasteiger charge is 2.13. The minimum absolute atomic E-state index is 0. The van der Waals surface area contributed by atoms with Gasteiger partial charge in [-0.2, -0.15) is 0 Å². The van der Waals surface area contributed by atoms with Gasteiger partial charge in [-0.25, -0.2) is 0 Å². The smallest absolute Gasteiger partial charge is 0.152 e. The Morgan fingerprint density at radius 1 is 1.07 bits per heavy atom. The first-order valence-corrected chi connectivity index (χ1v) is 5.21. The number of nitrogens with zero attached hydrogens (tertiary/aromatic N) is 1. The van der Waals surface area contributed by atoms with Gasteiger partial charge in [0.25, 0.3) is 0 Å². The topological polar surface area (TPSA) is 20.3 Å². The van der Waals surface area contributed by atoms with Gasteiger partial charge in [0.15, 0.2) is 6.29 Å². The van der Waals surface area contributed by atoms with Crippen LogP contribution in [0.5, 0.6) is 0 Å². The van der Waals surface area contributed by atoms with Crippen molar-refractivity contribution in [3.05, 3.63) is 29.8 Å². The Morgan fingerprint density at radius 2 is 1.73 bits per heavy atom. The van der Waals surface area contributed by atoms with Gasteiger partial charge in [0.05, 0.1) is 0 Å². The third-order valence-electron chi connectivity index (χ3n) is 2.76. The first-order valence-electron chi connectivity index (χ1n) is 5.21. The van der Waals surface area contributed by atoms with Crippen LogP contribution in [-0.4, -0.2) is 19.4 Å². The summed E-state index contributed by atoms with van der Waals surface area (Å²) in [4.78, 5) is 13.2. The molecule has 1 aliphatic heterocycles. The van der Waals surface area contributed by atoms with Crippen LogP contribution in [0.1, 0.15) is 29.6 Å². The molecule has 3 heteroatoms. The number of benzene rings is 1. The summed E-state index contributed by atoms with van der Waals surface area (Å²) in [6, 6.07) is 7.83. The molecule has 0 aliphatic carbocycles. The molecule has 0 N–H and O–H groups in total. The molecule has 2 nitrogen and oxygen atoms in total. The van der Waals surface area contributed by atoms with E-state index in [0.717, 1.165) is 30.6 Å². The van der Waals surface area contributed by atoms with Crippen molar-refractivity contribution in [3.63, 3.8) is 0 Å². The number of hydrogen-bond acceptors (Lipinski definition) is 2. The number of carbonyl (C=O) groups is 1. The molecule has 1 saturated heterocycles. The Balaban J connectivity index is 0.00000112. The number of hydrogen-bond donors (Lipinski definition) is 0. The minimum atomic E-state index is 0. The van der Waals surface area contributed by atoms with Crippen molar-refractivity contribution in [3.8, 4) is 0 Å². The second-order valence-electron chi connectivity index (χ2n) is 3.72. The molecule has 1 heterocycles. The van der Waals surface area contributed by atoms with Crippen LogP contribution in [0.25, 0.3) is 0 Å². The van der Waals surface area contributed by atoms with Gasteiger partial charge < -0.3 is 4.90 Å². The molecular weight excluding hydrogens is 210 g/mol. The van der Waals surface area contributed by atoms with E-state index in [9.17, 15) is 4.79 Å². The first-order chi connectivity index (χ1) is 6.92. The third kappa shape index (κ3) is 2.72. The van der Waals surface area contributed by atoms with Crippen molar-refractivity contribution in [1.29, 1.82) is 0 Å². The number of anilines is 1. The van der Waals surface area contributed by atoms with E-state index in [2.05, 4.69) is 4.90 Å². The van der Waals surface area contributed by atoms with Gasteiger partial charge in [-0.3, -0.25) is 4.79 Å². The number of aldehydes is 1. The van der Waals surface area contributed by atoms with E-state index in [1.54, 1.807) is 0 Å². The average Bonchev–Trinajstić information content (AvgIpc) is 2.30. The quantitative estimate of drug-likeness (QED) is 0.722. The van der Waals surface area contributed by atoms with E-state index in [1.807, 2.05) is 24.3 Å². The lowest BCUT2D eigenvalue weighted by Gasteiger charge is -2.29. The fourth-order valence-electron chi connectivity index (χ4n) is 2.01. The largest absolute Gasteiger partial charge is 0.371 e. The highest BCUT2D eigenvalue weighted by Crippen LogP contribution is 2.22. The van der Waals surface area contributed by atoms with Crippen LogP contribution in [0, 0.1) is 0 Å². The Hall–Kier alpha value is -1.02. The molecule has 0 bridgehead atoms. The van der Waals surface area contributed by atoms with E-state index in [4.69, 9.17) is 0 Å². The molecule has 0 aromatic heterocycles. The fourth-order valence-corrected chi connectivity index (χ4v) is 2.01. The van der Waals surface area contributed by atoms with Crippen LogP contribution in [0.3, 0.4) is 0 Å². The standard InChI is InChI=1S/C12H15NO.ClH/c14-10-11-6-2-3-7-12(11)13-8-4-1-5-9-13;/h2-3,6-7,10H,1,4-5,8-9H2;1H. The van der Waals surface area contributed by atoms with Gasteiger partial charge in [-0.05, 0) is 31.4 Å². The zero-order valence-electron chi connectivity index (χ0n) is 8.69. The zero-order valence-corrected chi connectivity index (χ0v) is 9.50. The second kappa shape index (κ2) is 5.76. The zero-order chi connectivity index (χ0) is 9.80. The summed E-state index contributed by atoms with van der Waals surface area (Å²) in [5, 5.41) is 0. The summed E-state index contributed by atoms with van der Waals surface area (Å²) in [5.41, 5.74) is 1.91. The second-order valence-corrected chi connectivity index (χ2v) is 3.72. The maximum Gasteiger partial charge on any atom is 0.152 e. The van der Waals surface area contributed by atoms with Crippen LogP contribution in [0.15, 0.2) is 24.3 Å². The molecule has 0 unspecified atom stereocenters. The van der Waals surface area contributed by atoms with Gasteiger partial charge in [0, 0.05) is 24.3 Å². The molecule has 1 aromatic rings. The number of halogens is 1. The molecule has 1 aromatic carbocycles. The Labute approximate surface area is 96.7 Å². The first kappa shape index (κ1) is 12.1. The molecule has 82 valence electrons. The number of carbonyl (C=O) groups excluding carboxylic acids is 1. The number of rotatable bonds is 2. The molecule has 0 atom stereocenters. The Bertz CT molecular complexity index is 321. The summed E-state index contributed by atoms with van der Waals surface area (Å²) in [5.74, 6) is 0. The number of piperidine rings is 1. The van der Waals surface area contributed by atoms with E-state index >= 15 is 0 Å². The molecule has 15 heavy (non-hydrogen) atoms. The van der Waals surface area contributed by atoms with Gasteiger partial charge in [0.1, 0.15) is 0 Å². The third-order valence-corrected chi connectivity index (χ3v) is 2.76. The normalized spacial score (nSPS) is 15.6. The lowest BCUT2D eigenvalue weighted by atomic mass is 10.1.